The van der Waals surface area contributed by atoms with Gasteiger partial charge in [-0.15, -0.1) is 0 Å². The first-order valence-corrected chi connectivity index (χ1v) is 9.10. The van der Waals surface area contributed by atoms with Crippen LogP contribution in [0.15, 0.2) is 72.8 Å². The maximum absolute atomic E-state index is 12.3. The third-order valence-corrected chi connectivity index (χ3v) is 4.11. The summed E-state index contributed by atoms with van der Waals surface area (Å²) in [7, 11) is 3.15. The molecule has 1 N–H and O–H groups in total. The summed E-state index contributed by atoms with van der Waals surface area (Å²) < 4.78 is 20.8. The number of benzene rings is 3. The molecule has 0 aliphatic rings. The molecule has 0 saturated carbocycles. The smallest absolute Gasteiger partial charge is 0.349 e. The van der Waals surface area contributed by atoms with Gasteiger partial charge in [-0.2, -0.15) is 0 Å². The van der Waals surface area contributed by atoms with Crippen molar-refractivity contribution < 1.29 is 28.5 Å². The van der Waals surface area contributed by atoms with Gasteiger partial charge in [0.2, 0.25) is 0 Å². The number of hydrogen-bond donors (Lipinski definition) is 1. The van der Waals surface area contributed by atoms with Crippen molar-refractivity contribution in [2.24, 2.45) is 0 Å². The molecule has 0 unspecified atom stereocenters. The number of amides is 1. The minimum Gasteiger partial charge on any atom is -0.497 e. The van der Waals surface area contributed by atoms with Crippen LogP contribution in [0.4, 0.5) is 5.69 Å². The number of ether oxygens (including phenoxy) is 4. The fraction of sp³-hybridized carbons (Fsp3) is 0.130. The third-order valence-electron chi connectivity index (χ3n) is 4.11. The van der Waals surface area contributed by atoms with Gasteiger partial charge in [-0.25, -0.2) is 4.79 Å². The fourth-order valence-corrected chi connectivity index (χ4v) is 2.53. The summed E-state index contributed by atoms with van der Waals surface area (Å²) in [5, 5.41) is 2.79. The predicted octanol–water partition coefficient (Wildman–Crippen LogP) is 3.94. The standard InChI is InChI=1S/C23H21NO6/c1-27-18-9-5-17(6-10-18)24-23(26)16-3-7-21(8-4-16)30-22(25)15-29-20-13-11-19(28-2)12-14-20/h3-14H,15H2,1-2H3,(H,24,26). The zero-order chi connectivity index (χ0) is 21.3. The number of nitrogens with one attached hydrogen (secondary N) is 1. The largest absolute Gasteiger partial charge is 0.497 e. The highest BCUT2D eigenvalue weighted by molar-refractivity contribution is 6.04. The van der Waals surface area contributed by atoms with Gasteiger partial charge in [0.15, 0.2) is 6.61 Å². The molecular weight excluding hydrogens is 386 g/mol. The molecule has 1 amide bonds. The minimum atomic E-state index is -0.554. The topological polar surface area (TPSA) is 83.1 Å². The molecule has 0 atom stereocenters. The molecular formula is C23H21NO6. The second-order valence-electron chi connectivity index (χ2n) is 6.15. The van der Waals surface area contributed by atoms with E-state index in [1.54, 1.807) is 87.0 Å². The van der Waals surface area contributed by atoms with Crippen LogP contribution in [0, 0.1) is 0 Å². The summed E-state index contributed by atoms with van der Waals surface area (Å²) in [5.41, 5.74) is 1.08. The third kappa shape index (κ3) is 5.75. The monoisotopic (exact) mass is 407 g/mol. The van der Waals surface area contributed by atoms with Crippen molar-refractivity contribution in [1.82, 2.24) is 0 Å². The average molecular weight is 407 g/mol. The van der Waals surface area contributed by atoms with Crippen LogP contribution in [-0.4, -0.2) is 32.7 Å². The summed E-state index contributed by atoms with van der Waals surface area (Å²) in [6.45, 7) is -0.244. The van der Waals surface area contributed by atoms with Gasteiger partial charge < -0.3 is 24.3 Å². The van der Waals surface area contributed by atoms with Crippen molar-refractivity contribution in [1.29, 1.82) is 0 Å². The van der Waals surface area contributed by atoms with Gasteiger partial charge in [-0.05, 0) is 72.8 Å². The first-order valence-electron chi connectivity index (χ1n) is 9.10. The van der Waals surface area contributed by atoms with Crippen LogP contribution in [0.1, 0.15) is 10.4 Å². The zero-order valence-electron chi connectivity index (χ0n) is 16.6. The van der Waals surface area contributed by atoms with Gasteiger partial charge in [0.25, 0.3) is 5.91 Å². The highest BCUT2D eigenvalue weighted by Crippen LogP contribution is 2.19. The van der Waals surface area contributed by atoms with Crippen LogP contribution in [-0.2, 0) is 4.79 Å². The van der Waals surface area contributed by atoms with Crippen molar-refractivity contribution in [3.8, 4) is 23.0 Å². The highest BCUT2D eigenvalue weighted by atomic mass is 16.6. The molecule has 154 valence electrons. The van der Waals surface area contributed by atoms with E-state index >= 15 is 0 Å². The van der Waals surface area contributed by atoms with E-state index < -0.39 is 5.97 Å². The lowest BCUT2D eigenvalue weighted by Gasteiger charge is -2.09. The molecule has 0 spiro atoms. The van der Waals surface area contributed by atoms with Crippen LogP contribution in [0.2, 0.25) is 0 Å². The van der Waals surface area contributed by atoms with E-state index in [1.807, 2.05) is 0 Å². The van der Waals surface area contributed by atoms with Crippen LogP contribution in [0.25, 0.3) is 0 Å². The molecule has 7 nitrogen and oxygen atoms in total. The number of hydrogen-bond acceptors (Lipinski definition) is 6. The van der Waals surface area contributed by atoms with Gasteiger partial charge in [-0.1, -0.05) is 0 Å². The fourth-order valence-electron chi connectivity index (χ4n) is 2.53. The van der Waals surface area contributed by atoms with E-state index in [0.717, 1.165) is 0 Å². The summed E-state index contributed by atoms with van der Waals surface area (Å²) in [5.74, 6) is 1.41. The van der Waals surface area contributed by atoms with Gasteiger partial charge in [0.1, 0.15) is 23.0 Å². The molecule has 3 aromatic carbocycles. The van der Waals surface area contributed by atoms with E-state index in [0.29, 0.717) is 34.2 Å². The maximum atomic E-state index is 12.3. The minimum absolute atomic E-state index is 0.244. The number of esters is 1. The van der Waals surface area contributed by atoms with Crippen molar-refractivity contribution in [2.45, 2.75) is 0 Å². The highest BCUT2D eigenvalue weighted by Gasteiger charge is 2.10. The first kappa shape index (κ1) is 20.7. The van der Waals surface area contributed by atoms with Gasteiger partial charge in [-0.3, -0.25) is 4.79 Å². The second-order valence-corrected chi connectivity index (χ2v) is 6.15. The first-order chi connectivity index (χ1) is 14.6. The maximum Gasteiger partial charge on any atom is 0.349 e. The molecule has 0 aliphatic carbocycles. The normalized spacial score (nSPS) is 10.1. The van der Waals surface area contributed by atoms with E-state index in [2.05, 4.69) is 5.32 Å². The number of carbonyl (C=O) groups is 2. The molecule has 0 aromatic heterocycles. The number of methoxy groups -OCH3 is 2. The SMILES string of the molecule is COc1ccc(NC(=O)c2ccc(OC(=O)COc3ccc(OC)cc3)cc2)cc1. The van der Waals surface area contributed by atoms with E-state index in [1.165, 1.54) is 0 Å². The lowest BCUT2D eigenvalue weighted by atomic mass is 10.2. The van der Waals surface area contributed by atoms with E-state index in [9.17, 15) is 9.59 Å². The number of rotatable bonds is 8. The summed E-state index contributed by atoms with van der Waals surface area (Å²) >= 11 is 0. The Kier molecular flexibility index (Phi) is 6.89. The number of anilines is 1. The molecule has 3 aromatic rings. The Balaban J connectivity index is 1.50. The number of carbonyl (C=O) groups excluding carboxylic acids is 2. The Morgan fingerprint density at radius 1 is 0.700 bits per heavy atom. The van der Waals surface area contributed by atoms with Crippen LogP contribution >= 0.6 is 0 Å². The molecule has 0 bridgehead atoms. The molecule has 7 heteroatoms. The molecule has 0 aliphatic heterocycles. The predicted molar refractivity (Wildman–Crippen MR) is 112 cm³/mol. The summed E-state index contributed by atoms with van der Waals surface area (Å²) in [6, 6.07) is 20.1. The van der Waals surface area contributed by atoms with Crippen LogP contribution in [0.5, 0.6) is 23.0 Å². The molecule has 3 rings (SSSR count). The van der Waals surface area contributed by atoms with Gasteiger partial charge >= 0.3 is 5.97 Å². The van der Waals surface area contributed by atoms with Crippen molar-refractivity contribution in [3.63, 3.8) is 0 Å². The molecule has 0 heterocycles. The summed E-state index contributed by atoms with van der Waals surface area (Å²) in [6.07, 6.45) is 0. The van der Waals surface area contributed by atoms with Crippen LogP contribution in [0.3, 0.4) is 0 Å². The Morgan fingerprint density at radius 2 is 1.20 bits per heavy atom. The Labute approximate surface area is 174 Å². The van der Waals surface area contributed by atoms with Crippen molar-refractivity contribution in [2.75, 3.05) is 26.1 Å². The van der Waals surface area contributed by atoms with Crippen molar-refractivity contribution >= 4 is 17.6 Å². The quantitative estimate of drug-likeness (QED) is 0.450. The average Bonchev–Trinajstić information content (AvgIpc) is 2.79. The molecule has 30 heavy (non-hydrogen) atoms. The lowest BCUT2D eigenvalue weighted by molar-refractivity contribution is -0.136. The zero-order valence-corrected chi connectivity index (χ0v) is 16.6. The Morgan fingerprint density at radius 3 is 1.77 bits per heavy atom. The molecule has 0 fully saturated rings. The van der Waals surface area contributed by atoms with Crippen LogP contribution < -0.4 is 24.3 Å². The Hall–Kier alpha value is -4.00. The molecule has 0 radical (unpaired) electrons. The second kappa shape index (κ2) is 9.97. The summed E-state index contributed by atoms with van der Waals surface area (Å²) in [4.78, 5) is 24.3. The van der Waals surface area contributed by atoms with Gasteiger partial charge in [0, 0.05) is 11.3 Å². The molecule has 0 saturated heterocycles. The van der Waals surface area contributed by atoms with Gasteiger partial charge in [0.05, 0.1) is 14.2 Å². The van der Waals surface area contributed by atoms with E-state index in [-0.39, 0.29) is 12.5 Å². The van der Waals surface area contributed by atoms with E-state index in [4.69, 9.17) is 18.9 Å². The Bertz CT molecular complexity index is 982. The lowest BCUT2D eigenvalue weighted by Crippen LogP contribution is -2.18. The van der Waals surface area contributed by atoms with Crippen molar-refractivity contribution in [3.05, 3.63) is 78.4 Å².